The van der Waals surface area contributed by atoms with E-state index in [0.29, 0.717) is 0 Å². The summed E-state index contributed by atoms with van der Waals surface area (Å²) >= 11 is 0. The Kier molecular flexibility index (Phi) is 5.32. The number of nitrogens with one attached hydrogen (secondary N) is 1. The third-order valence-electron chi connectivity index (χ3n) is 2.55. The van der Waals surface area contributed by atoms with Crippen LogP contribution in [0.5, 0.6) is 0 Å². The molecule has 0 radical (unpaired) electrons. The fourth-order valence-corrected chi connectivity index (χ4v) is 1.66. The summed E-state index contributed by atoms with van der Waals surface area (Å²) in [5.74, 6) is -0.975. The summed E-state index contributed by atoms with van der Waals surface area (Å²) in [4.78, 5) is 22.5. The summed E-state index contributed by atoms with van der Waals surface area (Å²) in [5, 5.41) is 2.73. The van der Waals surface area contributed by atoms with E-state index in [0.717, 1.165) is 24.1 Å². The maximum Gasteiger partial charge on any atom is 0.241 e. The Balaban J connectivity index is 2.72. The molecule has 5 nitrogen and oxygen atoms in total. The molecule has 0 aliphatic heterocycles. The molecule has 0 aromatic heterocycles. The molecule has 1 aromatic carbocycles. The lowest BCUT2D eigenvalue weighted by atomic mass is 10.1. The minimum absolute atomic E-state index is 0.151. The number of anilines is 1. The van der Waals surface area contributed by atoms with Gasteiger partial charge in [-0.2, -0.15) is 0 Å². The van der Waals surface area contributed by atoms with Gasteiger partial charge in [-0.05, 0) is 18.1 Å². The molecule has 0 aliphatic rings. The summed E-state index contributed by atoms with van der Waals surface area (Å²) in [7, 11) is 0. The van der Waals surface area contributed by atoms with Gasteiger partial charge in [0.2, 0.25) is 11.8 Å². The molecule has 0 spiro atoms. The minimum Gasteiger partial charge on any atom is -0.370 e. The van der Waals surface area contributed by atoms with Crippen molar-refractivity contribution in [2.45, 2.75) is 32.2 Å². The van der Waals surface area contributed by atoms with Crippen molar-refractivity contribution in [1.82, 2.24) is 0 Å². The Morgan fingerprint density at radius 2 is 2.00 bits per heavy atom. The van der Waals surface area contributed by atoms with Gasteiger partial charge in [0.05, 0.1) is 12.5 Å². The number of benzene rings is 1. The first-order valence-corrected chi connectivity index (χ1v) is 5.97. The van der Waals surface area contributed by atoms with Gasteiger partial charge < -0.3 is 16.8 Å². The average Bonchev–Trinajstić information content (AvgIpc) is 2.31. The van der Waals surface area contributed by atoms with E-state index in [9.17, 15) is 9.59 Å². The molecule has 5 N–H and O–H groups in total. The van der Waals surface area contributed by atoms with E-state index in [4.69, 9.17) is 11.5 Å². The Morgan fingerprint density at radius 3 is 2.61 bits per heavy atom. The first-order chi connectivity index (χ1) is 8.54. The van der Waals surface area contributed by atoms with Crippen molar-refractivity contribution in [3.05, 3.63) is 29.8 Å². The van der Waals surface area contributed by atoms with Gasteiger partial charge in [-0.25, -0.2) is 0 Å². The third-order valence-corrected chi connectivity index (χ3v) is 2.55. The lowest BCUT2D eigenvalue weighted by molar-refractivity contribution is -0.123. The Hall–Kier alpha value is -1.88. The predicted octanol–water partition coefficient (Wildman–Crippen LogP) is 0.780. The highest BCUT2D eigenvalue weighted by Crippen LogP contribution is 2.17. The number of primary amides is 1. The van der Waals surface area contributed by atoms with Crippen LogP contribution in [0.2, 0.25) is 0 Å². The lowest BCUT2D eigenvalue weighted by Crippen LogP contribution is -2.39. The number of nitrogens with two attached hydrogens (primary N) is 2. The third kappa shape index (κ3) is 4.18. The Morgan fingerprint density at radius 1 is 1.33 bits per heavy atom. The normalized spacial score (nSPS) is 11.9. The molecule has 0 aliphatic carbocycles. The number of hydrogen-bond acceptors (Lipinski definition) is 3. The van der Waals surface area contributed by atoms with Gasteiger partial charge in [0.1, 0.15) is 0 Å². The Labute approximate surface area is 107 Å². The highest BCUT2D eigenvalue weighted by molar-refractivity contribution is 5.97. The van der Waals surface area contributed by atoms with Crippen LogP contribution in [-0.2, 0) is 16.0 Å². The molecule has 0 fully saturated rings. The molecule has 0 saturated heterocycles. The summed E-state index contributed by atoms with van der Waals surface area (Å²) in [6, 6.07) is 6.63. The number of hydrogen-bond donors (Lipinski definition) is 3. The van der Waals surface area contributed by atoms with Crippen molar-refractivity contribution in [1.29, 1.82) is 0 Å². The fourth-order valence-electron chi connectivity index (χ4n) is 1.66. The van der Waals surface area contributed by atoms with Crippen molar-refractivity contribution in [3.8, 4) is 0 Å². The zero-order valence-corrected chi connectivity index (χ0v) is 10.5. The zero-order chi connectivity index (χ0) is 13.5. The van der Waals surface area contributed by atoms with E-state index in [2.05, 4.69) is 12.2 Å². The maximum absolute atomic E-state index is 11.8. The first-order valence-electron chi connectivity index (χ1n) is 5.97. The van der Waals surface area contributed by atoms with Gasteiger partial charge in [-0.1, -0.05) is 31.5 Å². The van der Waals surface area contributed by atoms with E-state index in [1.54, 1.807) is 0 Å². The summed E-state index contributed by atoms with van der Waals surface area (Å²) in [6.07, 6.45) is 1.71. The minimum atomic E-state index is -0.905. The van der Waals surface area contributed by atoms with Crippen LogP contribution in [0.15, 0.2) is 24.3 Å². The highest BCUT2D eigenvalue weighted by atomic mass is 16.2. The van der Waals surface area contributed by atoms with Crippen molar-refractivity contribution in [2.24, 2.45) is 11.5 Å². The van der Waals surface area contributed by atoms with Crippen molar-refractivity contribution >= 4 is 17.5 Å². The number of rotatable bonds is 6. The van der Waals surface area contributed by atoms with Gasteiger partial charge in [-0.3, -0.25) is 9.59 Å². The fraction of sp³-hybridized carbons (Fsp3) is 0.385. The van der Waals surface area contributed by atoms with Crippen LogP contribution in [0.4, 0.5) is 5.69 Å². The van der Waals surface area contributed by atoms with Gasteiger partial charge >= 0.3 is 0 Å². The largest absolute Gasteiger partial charge is 0.370 e. The van der Waals surface area contributed by atoms with Crippen LogP contribution >= 0.6 is 0 Å². The van der Waals surface area contributed by atoms with E-state index < -0.39 is 17.9 Å². The predicted molar refractivity (Wildman–Crippen MR) is 70.9 cm³/mol. The van der Waals surface area contributed by atoms with Crippen LogP contribution < -0.4 is 16.8 Å². The molecule has 2 amide bonds. The van der Waals surface area contributed by atoms with Crippen molar-refractivity contribution in [2.75, 3.05) is 5.32 Å². The number of aryl methyl sites for hydroxylation is 1. The molecule has 1 rings (SSSR count). The number of amides is 2. The SMILES string of the molecule is CCCc1ccccc1NC(=O)C(N)CC(N)=O. The summed E-state index contributed by atoms with van der Waals surface area (Å²) in [6.45, 7) is 2.07. The average molecular weight is 249 g/mol. The monoisotopic (exact) mass is 249 g/mol. The smallest absolute Gasteiger partial charge is 0.241 e. The molecule has 0 saturated carbocycles. The Bertz CT molecular complexity index is 432. The van der Waals surface area contributed by atoms with Crippen LogP contribution in [0.25, 0.3) is 0 Å². The molecule has 0 bridgehead atoms. The van der Waals surface area contributed by atoms with Gasteiger partial charge in [0.25, 0.3) is 0 Å². The topological polar surface area (TPSA) is 98.2 Å². The lowest BCUT2D eigenvalue weighted by Gasteiger charge is -2.13. The molecular formula is C13H19N3O2. The summed E-state index contributed by atoms with van der Waals surface area (Å²) in [5.41, 5.74) is 12.4. The molecule has 98 valence electrons. The standard InChI is InChI=1S/C13H19N3O2/c1-2-5-9-6-3-4-7-11(9)16-13(18)10(14)8-12(15)17/h3-4,6-7,10H,2,5,8,14H2,1H3,(H2,15,17)(H,16,18). The van der Waals surface area contributed by atoms with E-state index in [-0.39, 0.29) is 6.42 Å². The van der Waals surface area contributed by atoms with E-state index in [1.165, 1.54) is 0 Å². The van der Waals surface area contributed by atoms with Crippen LogP contribution in [0, 0.1) is 0 Å². The molecule has 1 unspecified atom stereocenters. The second-order valence-electron chi connectivity index (χ2n) is 4.17. The summed E-state index contributed by atoms with van der Waals surface area (Å²) < 4.78 is 0. The molecule has 1 atom stereocenters. The van der Waals surface area contributed by atoms with Gasteiger partial charge in [0, 0.05) is 5.69 Å². The first kappa shape index (κ1) is 14.2. The van der Waals surface area contributed by atoms with Gasteiger partial charge in [-0.15, -0.1) is 0 Å². The molecule has 18 heavy (non-hydrogen) atoms. The van der Waals surface area contributed by atoms with E-state index >= 15 is 0 Å². The quantitative estimate of drug-likeness (QED) is 0.694. The zero-order valence-electron chi connectivity index (χ0n) is 10.5. The molecule has 1 aromatic rings. The second-order valence-corrected chi connectivity index (χ2v) is 4.17. The van der Waals surface area contributed by atoms with Crippen LogP contribution in [0.3, 0.4) is 0 Å². The molecule has 5 heteroatoms. The molecular weight excluding hydrogens is 230 g/mol. The van der Waals surface area contributed by atoms with Crippen molar-refractivity contribution < 1.29 is 9.59 Å². The van der Waals surface area contributed by atoms with E-state index in [1.807, 2.05) is 24.3 Å². The highest BCUT2D eigenvalue weighted by Gasteiger charge is 2.16. The number of carbonyl (C=O) groups is 2. The van der Waals surface area contributed by atoms with Crippen molar-refractivity contribution in [3.63, 3.8) is 0 Å². The maximum atomic E-state index is 11.8. The molecule has 0 heterocycles. The second kappa shape index (κ2) is 6.76. The van der Waals surface area contributed by atoms with Gasteiger partial charge in [0.15, 0.2) is 0 Å². The number of carbonyl (C=O) groups excluding carboxylic acids is 2. The number of para-hydroxylation sites is 1. The van der Waals surface area contributed by atoms with Crippen LogP contribution in [-0.4, -0.2) is 17.9 Å². The van der Waals surface area contributed by atoms with Crippen LogP contribution in [0.1, 0.15) is 25.3 Å².